The summed E-state index contributed by atoms with van der Waals surface area (Å²) in [5.41, 5.74) is 2.10. The number of hydrogen-bond donors (Lipinski definition) is 0. The highest BCUT2D eigenvalue weighted by Gasteiger charge is 2.08. The Morgan fingerprint density at radius 1 is 1.41 bits per heavy atom. The number of Topliss-reactive ketones (excluding diaryl/α,β-unsaturated/α-hetero) is 1. The minimum atomic E-state index is -0.132. The van der Waals surface area contributed by atoms with Crippen LogP contribution in [0.4, 0.5) is 5.69 Å². The van der Waals surface area contributed by atoms with E-state index in [2.05, 4.69) is 4.99 Å². The fraction of sp³-hybridized carbons (Fsp3) is 0.385. The minimum Gasteiger partial charge on any atom is -0.494 e. The van der Waals surface area contributed by atoms with Crippen molar-refractivity contribution in [1.29, 1.82) is 0 Å². The first-order chi connectivity index (χ1) is 7.95. The van der Waals surface area contributed by atoms with E-state index >= 15 is 0 Å². The van der Waals surface area contributed by atoms with Gasteiger partial charge in [0.15, 0.2) is 5.78 Å². The molecule has 1 unspecified atom stereocenters. The standard InChI is InChI=1S/C13H16ClNO2/c1-8(14)9(2)15-12-6-5-11(10(3)16)7-13(12)17-4/h5-8H,1-4H3. The minimum absolute atomic E-state index is 0.00117. The number of ether oxygens (including phenoxy) is 1. The molecule has 0 aliphatic rings. The van der Waals surface area contributed by atoms with E-state index in [1.165, 1.54) is 6.92 Å². The van der Waals surface area contributed by atoms with Gasteiger partial charge in [-0.25, -0.2) is 0 Å². The summed E-state index contributed by atoms with van der Waals surface area (Å²) < 4.78 is 5.21. The lowest BCUT2D eigenvalue weighted by Crippen LogP contribution is -2.04. The fourth-order valence-electron chi connectivity index (χ4n) is 1.27. The van der Waals surface area contributed by atoms with Gasteiger partial charge in [-0.2, -0.15) is 0 Å². The molecule has 0 aliphatic carbocycles. The average Bonchev–Trinajstić information content (AvgIpc) is 2.28. The van der Waals surface area contributed by atoms with Gasteiger partial charge in [-0.15, -0.1) is 11.6 Å². The number of hydrogen-bond acceptors (Lipinski definition) is 3. The number of aliphatic imine (C=N–C) groups is 1. The zero-order valence-electron chi connectivity index (χ0n) is 10.5. The van der Waals surface area contributed by atoms with Crippen LogP contribution in [0.25, 0.3) is 0 Å². The number of nitrogens with zero attached hydrogens (tertiary/aromatic N) is 1. The molecule has 1 rings (SSSR count). The van der Waals surface area contributed by atoms with E-state index < -0.39 is 0 Å². The molecule has 0 saturated heterocycles. The molecule has 1 aromatic carbocycles. The maximum Gasteiger partial charge on any atom is 0.159 e. The van der Waals surface area contributed by atoms with Crippen LogP contribution in [0.3, 0.4) is 0 Å². The second-order valence-electron chi connectivity index (χ2n) is 3.81. The van der Waals surface area contributed by atoms with Crippen LogP contribution in [0.5, 0.6) is 5.75 Å². The number of benzene rings is 1. The Morgan fingerprint density at radius 3 is 2.53 bits per heavy atom. The molecule has 0 aromatic heterocycles. The Labute approximate surface area is 106 Å². The van der Waals surface area contributed by atoms with Gasteiger partial charge in [0, 0.05) is 11.3 Å². The molecular formula is C13H16ClNO2. The molecule has 4 heteroatoms. The summed E-state index contributed by atoms with van der Waals surface area (Å²) in [5, 5.41) is -0.132. The van der Waals surface area contributed by atoms with Crippen LogP contribution in [-0.2, 0) is 0 Å². The summed E-state index contributed by atoms with van der Waals surface area (Å²) in [6.07, 6.45) is 0. The van der Waals surface area contributed by atoms with Gasteiger partial charge >= 0.3 is 0 Å². The van der Waals surface area contributed by atoms with Crippen LogP contribution in [0, 0.1) is 0 Å². The molecule has 0 spiro atoms. The first-order valence-electron chi connectivity index (χ1n) is 5.34. The molecule has 0 bridgehead atoms. The summed E-state index contributed by atoms with van der Waals surface area (Å²) >= 11 is 5.93. The Kier molecular flexibility index (Phi) is 4.70. The Morgan fingerprint density at radius 2 is 2.06 bits per heavy atom. The van der Waals surface area contributed by atoms with Crippen molar-refractivity contribution in [2.45, 2.75) is 26.1 Å². The van der Waals surface area contributed by atoms with Crippen LogP contribution in [-0.4, -0.2) is 24.0 Å². The lowest BCUT2D eigenvalue weighted by molar-refractivity contribution is 0.101. The predicted octanol–water partition coefficient (Wildman–Crippen LogP) is 3.62. The number of alkyl halides is 1. The van der Waals surface area contributed by atoms with Gasteiger partial charge in [0.2, 0.25) is 0 Å². The number of carbonyl (C=O) groups is 1. The summed E-state index contributed by atoms with van der Waals surface area (Å²) in [5.74, 6) is 0.579. The molecule has 0 heterocycles. The van der Waals surface area contributed by atoms with Crippen LogP contribution in [0.15, 0.2) is 23.2 Å². The smallest absolute Gasteiger partial charge is 0.159 e. The van der Waals surface area contributed by atoms with Crippen molar-refractivity contribution >= 4 is 28.8 Å². The van der Waals surface area contributed by atoms with Crippen LogP contribution < -0.4 is 4.74 Å². The van der Waals surface area contributed by atoms with Crippen molar-refractivity contribution in [3.8, 4) is 5.75 Å². The van der Waals surface area contributed by atoms with Gasteiger partial charge in [-0.05, 0) is 39.0 Å². The average molecular weight is 254 g/mol. The van der Waals surface area contributed by atoms with Crippen molar-refractivity contribution in [3.05, 3.63) is 23.8 Å². The second-order valence-corrected chi connectivity index (χ2v) is 4.47. The van der Waals surface area contributed by atoms with E-state index in [4.69, 9.17) is 16.3 Å². The number of carbonyl (C=O) groups excluding carboxylic acids is 1. The van der Waals surface area contributed by atoms with E-state index in [1.807, 2.05) is 13.8 Å². The second kappa shape index (κ2) is 5.82. The van der Waals surface area contributed by atoms with Gasteiger partial charge in [0.25, 0.3) is 0 Å². The highest BCUT2D eigenvalue weighted by Crippen LogP contribution is 2.29. The third kappa shape index (κ3) is 3.56. The molecule has 0 N–H and O–H groups in total. The molecular weight excluding hydrogens is 238 g/mol. The predicted molar refractivity (Wildman–Crippen MR) is 71.1 cm³/mol. The lowest BCUT2D eigenvalue weighted by atomic mass is 10.1. The summed E-state index contributed by atoms with van der Waals surface area (Å²) in [6.45, 7) is 5.23. The molecule has 3 nitrogen and oxygen atoms in total. The number of rotatable bonds is 4. The first-order valence-corrected chi connectivity index (χ1v) is 5.77. The van der Waals surface area contributed by atoms with Crippen molar-refractivity contribution < 1.29 is 9.53 Å². The highest BCUT2D eigenvalue weighted by molar-refractivity contribution is 6.31. The summed E-state index contributed by atoms with van der Waals surface area (Å²) in [7, 11) is 1.55. The molecule has 0 fully saturated rings. The largest absolute Gasteiger partial charge is 0.494 e. The molecule has 0 aliphatic heterocycles. The lowest BCUT2D eigenvalue weighted by Gasteiger charge is -2.08. The number of ketones is 1. The van der Waals surface area contributed by atoms with E-state index in [0.717, 1.165) is 5.71 Å². The van der Waals surface area contributed by atoms with Gasteiger partial charge in [0.1, 0.15) is 11.4 Å². The summed E-state index contributed by atoms with van der Waals surface area (Å²) in [4.78, 5) is 15.6. The van der Waals surface area contributed by atoms with Crippen LogP contribution >= 0.6 is 11.6 Å². The van der Waals surface area contributed by atoms with Gasteiger partial charge in [0.05, 0.1) is 12.5 Å². The Balaban J connectivity index is 3.18. The van der Waals surface area contributed by atoms with E-state index in [9.17, 15) is 4.79 Å². The molecule has 0 saturated carbocycles. The highest BCUT2D eigenvalue weighted by atomic mass is 35.5. The quantitative estimate of drug-likeness (QED) is 0.467. The maximum absolute atomic E-state index is 11.2. The zero-order chi connectivity index (χ0) is 13.0. The Hall–Kier alpha value is -1.35. The van der Waals surface area contributed by atoms with Gasteiger partial charge < -0.3 is 4.74 Å². The molecule has 0 amide bonds. The van der Waals surface area contributed by atoms with Crippen molar-refractivity contribution in [2.24, 2.45) is 4.99 Å². The first kappa shape index (κ1) is 13.7. The van der Waals surface area contributed by atoms with Crippen molar-refractivity contribution in [1.82, 2.24) is 0 Å². The van der Waals surface area contributed by atoms with E-state index in [-0.39, 0.29) is 11.2 Å². The third-order valence-corrected chi connectivity index (χ3v) is 2.77. The van der Waals surface area contributed by atoms with Crippen molar-refractivity contribution in [2.75, 3.05) is 7.11 Å². The number of halogens is 1. The molecule has 1 aromatic rings. The molecule has 1 atom stereocenters. The van der Waals surface area contributed by atoms with E-state index in [0.29, 0.717) is 17.0 Å². The Bertz CT molecular complexity index is 453. The fourth-order valence-corrected chi connectivity index (χ4v) is 1.32. The van der Waals surface area contributed by atoms with E-state index in [1.54, 1.807) is 25.3 Å². The molecule has 0 radical (unpaired) electrons. The SMILES string of the molecule is COc1cc(C(C)=O)ccc1N=C(C)C(C)Cl. The molecule has 17 heavy (non-hydrogen) atoms. The topological polar surface area (TPSA) is 38.7 Å². The van der Waals surface area contributed by atoms with Crippen LogP contribution in [0.1, 0.15) is 31.1 Å². The zero-order valence-corrected chi connectivity index (χ0v) is 11.2. The molecule has 92 valence electrons. The maximum atomic E-state index is 11.2. The monoisotopic (exact) mass is 253 g/mol. The van der Waals surface area contributed by atoms with Gasteiger partial charge in [-0.1, -0.05) is 0 Å². The normalized spacial score (nSPS) is 13.4. The summed E-state index contributed by atoms with van der Waals surface area (Å²) in [6, 6.07) is 5.18. The third-order valence-electron chi connectivity index (χ3n) is 2.46. The van der Waals surface area contributed by atoms with Crippen molar-refractivity contribution in [3.63, 3.8) is 0 Å². The van der Waals surface area contributed by atoms with Gasteiger partial charge in [-0.3, -0.25) is 9.79 Å². The number of methoxy groups -OCH3 is 1. The van der Waals surface area contributed by atoms with Crippen LogP contribution in [0.2, 0.25) is 0 Å².